The first-order valence-corrected chi connectivity index (χ1v) is 12.8. The van der Waals surface area contributed by atoms with E-state index in [9.17, 15) is 0 Å². The molecule has 0 atom stereocenters. The van der Waals surface area contributed by atoms with Gasteiger partial charge in [-0.05, 0) is 40.7 Å². The van der Waals surface area contributed by atoms with Crippen molar-refractivity contribution in [3.8, 4) is 11.1 Å². The molecule has 1 heterocycles. The minimum atomic E-state index is 0.427. The van der Waals surface area contributed by atoms with Gasteiger partial charge in [0.15, 0.2) is 0 Å². The highest BCUT2D eigenvalue weighted by molar-refractivity contribution is 5.63. The van der Waals surface area contributed by atoms with Gasteiger partial charge in [-0.3, -0.25) is 0 Å². The normalized spacial score (nSPS) is 11.9. The third-order valence-corrected chi connectivity index (χ3v) is 4.95. The van der Waals surface area contributed by atoms with E-state index in [-0.39, 0.29) is 0 Å². The summed E-state index contributed by atoms with van der Waals surface area (Å²) in [5.41, 5.74) is 6.70. The first-order valence-electron chi connectivity index (χ1n) is 12.8. The molecule has 0 aliphatic carbocycles. The molecule has 4 rings (SSSR count). The Morgan fingerprint density at radius 3 is 1.24 bits per heavy atom. The molecule has 0 spiro atoms. The summed E-state index contributed by atoms with van der Waals surface area (Å²) in [5, 5.41) is 0. The zero-order valence-corrected chi connectivity index (χ0v) is 22.2. The summed E-state index contributed by atoms with van der Waals surface area (Å²) in [5.74, 6) is 0.427. The minimum absolute atomic E-state index is 0.427. The Bertz CT molecular complexity index is 741. The Morgan fingerprint density at radius 1 is 0.545 bits per heavy atom. The molecule has 1 aliphatic rings. The van der Waals surface area contributed by atoms with Gasteiger partial charge in [-0.2, -0.15) is 0 Å². The largest absolute Gasteiger partial charge is 0.236 e. The second-order valence-corrected chi connectivity index (χ2v) is 6.78. The van der Waals surface area contributed by atoms with Crippen LogP contribution in [-0.4, -0.2) is 13.2 Å². The van der Waals surface area contributed by atoms with Gasteiger partial charge in [0.05, 0.1) is 13.2 Å². The molecule has 33 heavy (non-hydrogen) atoms. The molecule has 1 aliphatic heterocycles. The van der Waals surface area contributed by atoms with Gasteiger partial charge in [0.25, 0.3) is 0 Å². The van der Waals surface area contributed by atoms with E-state index in [1.54, 1.807) is 0 Å². The maximum Gasteiger partial charge on any atom is 0.0914 e. The van der Waals surface area contributed by atoms with E-state index in [1.807, 2.05) is 59.7 Å². The summed E-state index contributed by atoms with van der Waals surface area (Å²) in [6.07, 6.45) is 2.21. The molecule has 0 radical (unpaired) electrons. The lowest BCUT2D eigenvalue weighted by atomic mass is 10.0. The fraction of sp³-hybridized carbons (Fsp3) is 0.419. The van der Waals surface area contributed by atoms with Gasteiger partial charge in [0.2, 0.25) is 0 Å². The van der Waals surface area contributed by atoms with Gasteiger partial charge < -0.3 is 0 Å². The smallest absolute Gasteiger partial charge is 0.0914 e. The summed E-state index contributed by atoms with van der Waals surface area (Å²) in [4.78, 5) is 9.62. The number of hydrogen-bond donors (Lipinski definition) is 0. The van der Waals surface area contributed by atoms with Gasteiger partial charge in [0, 0.05) is 5.92 Å². The van der Waals surface area contributed by atoms with Crippen LogP contribution in [0.2, 0.25) is 0 Å². The molecule has 0 aromatic heterocycles. The second-order valence-electron chi connectivity index (χ2n) is 6.78. The number of rotatable bonds is 4. The van der Waals surface area contributed by atoms with Crippen LogP contribution in [0.4, 0.5) is 0 Å². The van der Waals surface area contributed by atoms with Crippen molar-refractivity contribution in [3.63, 3.8) is 0 Å². The monoisotopic (exact) mass is 450 g/mol. The SMILES string of the molecule is CC.CC.CC.CCc1ccc(-c2ccc(CC)cc2)cc1.c1ccc(C2COOC2)cc1. The van der Waals surface area contributed by atoms with Gasteiger partial charge in [0.1, 0.15) is 0 Å². The molecule has 3 aromatic carbocycles. The quantitative estimate of drug-likeness (QED) is 0.369. The molecular weight excluding hydrogens is 404 g/mol. The van der Waals surface area contributed by atoms with Crippen molar-refractivity contribution < 1.29 is 9.78 Å². The lowest BCUT2D eigenvalue weighted by molar-refractivity contribution is -0.248. The summed E-state index contributed by atoms with van der Waals surface area (Å²) < 4.78 is 0. The van der Waals surface area contributed by atoms with Gasteiger partial charge in [-0.15, -0.1) is 0 Å². The van der Waals surface area contributed by atoms with Crippen LogP contribution < -0.4 is 0 Å². The third-order valence-electron chi connectivity index (χ3n) is 4.95. The molecule has 1 fully saturated rings. The van der Waals surface area contributed by atoms with Crippen molar-refractivity contribution in [2.24, 2.45) is 0 Å². The molecule has 3 aromatic rings. The van der Waals surface area contributed by atoms with Crippen LogP contribution in [0.5, 0.6) is 0 Å². The highest BCUT2D eigenvalue weighted by atomic mass is 17.2. The highest BCUT2D eigenvalue weighted by Gasteiger charge is 2.18. The standard InChI is InChI=1S/C16H18.C9H10O2.3C2H6/c1-3-13-5-9-15(10-6-13)16-11-7-14(4-2)8-12-16;1-2-4-8(5-3-1)9-6-10-11-7-9;3*1-2/h5-12H,3-4H2,1-2H3;1-5,9H,6-7H2;3*1-2H3. The maximum absolute atomic E-state index is 4.81. The minimum Gasteiger partial charge on any atom is -0.236 e. The average Bonchev–Trinajstić information content (AvgIpc) is 3.48. The van der Waals surface area contributed by atoms with Crippen LogP contribution in [0.3, 0.4) is 0 Å². The second kappa shape index (κ2) is 20.2. The molecule has 182 valence electrons. The Morgan fingerprint density at radius 2 is 0.909 bits per heavy atom. The topological polar surface area (TPSA) is 18.5 Å². The molecule has 0 unspecified atom stereocenters. The lowest BCUT2D eigenvalue weighted by Gasteiger charge is -2.04. The predicted molar refractivity (Wildman–Crippen MR) is 146 cm³/mol. The first kappa shape index (κ1) is 30.6. The molecule has 2 nitrogen and oxygen atoms in total. The van der Waals surface area contributed by atoms with Crippen LogP contribution in [0.15, 0.2) is 78.9 Å². The summed E-state index contributed by atoms with van der Waals surface area (Å²) >= 11 is 0. The van der Waals surface area contributed by atoms with Gasteiger partial charge in [-0.25, -0.2) is 9.78 Å². The van der Waals surface area contributed by atoms with Gasteiger partial charge >= 0.3 is 0 Å². The Balaban J connectivity index is 0.000000526. The van der Waals surface area contributed by atoms with E-state index >= 15 is 0 Å². The fourth-order valence-electron chi connectivity index (χ4n) is 3.09. The van der Waals surface area contributed by atoms with E-state index < -0.39 is 0 Å². The van der Waals surface area contributed by atoms with Crippen molar-refractivity contribution in [1.29, 1.82) is 0 Å². The number of aryl methyl sites for hydroxylation is 2. The molecule has 0 N–H and O–H groups in total. The summed E-state index contributed by atoms with van der Waals surface area (Å²) in [6, 6.07) is 28.0. The van der Waals surface area contributed by atoms with Crippen molar-refractivity contribution in [2.45, 2.75) is 74.1 Å². The Kier molecular flexibility index (Phi) is 18.7. The van der Waals surface area contributed by atoms with E-state index in [0.29, 0.717) is 19.1 Å². The number of hydrogen-bond acceptors (Lipinski definition) is 2. The van der Waals surface area contributed by atoms with E-state index in [4.69, 9.17) is 9.78 Å². The summed E-state index contributed by atoms with van der Waals surface area (Å²) in [6.45, 7) is 17.7. The van der Waals surface area contributed by atoms with Gasteiger partial charge in [-0.1, -0.05) is 134 Å². The zero-order chi connectivity index (χ0) is 24.9. The van der Waals surface area contributed by atoms with Crippen molar-refractivity contribution in [1.82, 2.24) is 0 Å². The van der Waals surface area contributed by atoms with E-state index in [0.717, 1.165) is 12.8 Å². The van der Waals surface area contributed by atoms with E-state index in [2.05, 4.69) is 74.5 Å². The Labute approximate surface area is 203 Å². The summed E-state index contributed by atoms with van der Waals surface area (Å²) in [7, 11) is 0. The van der Waals surface area contributed by atoms with Crippen LogP contribution in [0.25, 0.3) is 11.1 Å². The molecule has 2 heteroatoms. The van der Waals surface area contributed by atoms with Crippen molar-refractivity contribution in [2.75, 3.05) is 13.2 Å². The van der Waals surface area contributed by atoms with Crippen LogP contribution in [0.1, 0.15) is 78.0 Å². The first-order chi connectivity index (χ1) is 16.3. The van der Waals surface area contributed by atoms with Crippen molar-refractivity contribution in [3.05, 3.63) is 95.6 Å². The maximum atomic E-state index is 4.81. The van der Waals surface area contributed by atoms with Crippen LogP contribution >= 0.6 is 0 Å². The molecule has 0 bridgehead atoms. The third kappa shape index (κ3) is 11.3. The molecule has 0 amide bonds. The van der Waals surface area contributed by atoms with Crippen LogP contribution in [0, 0.1) is 0 Å². The number of benzene rings is 3. The lowest BCUT2D eigenvalue weighted by Crippen LogP contribution is -1.99. The molecule has 0 saturated carbocycles. The molecule has 1 saturated heterocycles. The highest BCUT2D eigenvalue weighted by Crippen LogP contribution is 2.21. The predicted octanol–water partition coefficient (Wildman–Crippen LogP) is 9.29. The fourth-order valence-corrected chi connectivity index (χ4v) is 3.09. The average molecular weight is 451 g/mol. The van der Waals surface area contributed by atoms with Crippen molar-refractivity contribution >= 4 is 0 Å². The Hall–Kier alpha value is -2.42. The molecular formula is C31H46O2. The van der Waals surface area contributed by atoms with E-state index in [1.165, 1.54) is 27.8 Å². The van der Waals surface area contributed by atoms with Crippen LogP contribution in [-0.2, 0) is 22.6 Å². The zero-order valence-electron chi connectivity index (χ0n) is 22.2.